The Labute approximate surface area is 148 Å². The van der Waals surface area contributed by atoms with Crippen LogP contribution in [0.25, 0.3) is 22.2 Å². The molecule has 0 fully saturated rings. The average molecular weight is 354 g/mol. The highest BCUT2D eigenvalue weighted by atomic mass is 16.3. The maximum Gasteiger partial charge on any atom is 0.200 e. The highest BCUT2D eigenvalue weighted by Crippen LogP contribution is 2.47. The fraction of sp³-hybridized carbons (Fsp3) is 0.222. The fourth-order valence-corrected chi connectivity index (χ4v) is 3.48. The lowest BCUT2D eigenvalue weighted by Gasteiger charge is -2.20. The largest absolute Gasteiger partial charge is 0.507 e. The number of nitrogens with one attached hydrogen (secondary N) is 1. The number of benzene rings is 2. The van der Waals surface area contributed by atoms with Gasteiger partial charge in [-0.1, -0.05) is 0 Å². The van der Waals surface area contributed by atoms with Gasteiger partial charge in [0.25, 0.3) is 0 Å². The summed E-state index contributed by atoms with van der Waals surface area (Å²) in [5.41, 5.74) is 7.83. The monoisotopic (exact) mass is 354 g/mol. The third kappa shape index (κ3) is 2.16. The number of rotatable bonds is 5. The van der Waals surface area contributed by atoms with Crippen LogP contribution in [0.15, 0.2) is 24.3 Å². The lowest BCUT2D eigenvalue weighted by Crippen LogP contribution is -2.17. The number of hydrogen-bond donors (Lipinski definition) is 5. The standard InChI is InChI=1S/C18H18N4O4/c19-5-6-20-9-1-2-10-14-13(9)18(26)16-12(25)4-3-11(24)15(16)17(14)21-22(10)7-8-23/h1-4,20,23-25H,5-8,19H2. The maximum atomic E-state index is 13.2. The first-order chi connectivity index (χ1) is 12.6. The summed E-state index contributed by atoms with van der Waals surface area (Å²) in [6, 6.07) is 6.19. The van der Waals surface area contributed by atoms with Crippen LogP contribution >= 0.6 is 0 Å². The average Bonchev–Trinajstić information content (AvgIpc) is 2.99. The molecule has 1 aliphatic rings. The summed E-state index contributed by atoms with van der Waals surface area (Å²) in [6.07, 6.45) is 0. The van der Waals surface area contributed by atoms with E-state index in [0.717, 1.165) is 0 Å². The first-order valence-electron chi connectivity index (χ1n) is 8.26. The van der Waals surface area contributed by atoms with Crippen molar-refractivity contribution < 1.29 is 20.1 Å². The fourth-order valence-electron chi connectivity index (χ4n) is 3.48. The molecule has 6 N–H and O–H groups in total. The number of phenolic OH excluding ortho intramolecular Hbond substituents is 2. The van der Waals surface area contributed by atoms with Crippen molar-refractivity contribution in [2.45, 2.75) is 6.54 Å². The topological polar surface area (TPSA) is 134 Å². The number of aliphatic hydroxyl groups is 1. The Morgan fingerprint density at radius 2 is 1.81 bits per heavy atom. The second kappa shape index (κ2) is 6.01. The van der Waals surface area contributed by atoms with Crippen molar-refractivity contribution in [2.75, 3.05) is 25.0 Å². The Kier molecular flexibility index (Phi) is 3.78. The first-order valence-corrected chi connectivity index (χ1v) is 8.26. The lowest BCUT2D eigenvalue weighted by molar-refractivity contribution is 0.103. The quantitative estimate of drug-likeness (QED) is 0.338. The number of fused-ring (bicyclic) bond motifs is 2. The van der Waals surface area contributed by atoms with E-state index in [1.807, 2.05) is 6.07 Å². The number of phenols is 2. The van der Waals surface area contributed by atoms with Gasteiger partial charge in [0, 0.05) is 24.2 Å². The van der Waals surface area contributed by atoms with Gasteiger partial charge in [0.15, 0.2) is 5.78 Å². The number of aliphatic hydroxyl groups excluding tert-OH is 1. The highest BCUT2D eigenvalue weighted by molar-refractivity contribution is 6.29. The van der Waals surface area contributed by atoms with Gasteiger partial charge < -0.3 is 26.4 Å². The summed E-state index contributed by atoms with van der Waals surface area (Å²) in [5.74, 6) is -0.742. The van der Waals surface area contributed by atoms with Crippen molar-refractivity contribution in [3.8, 4) is 22.8 Å². The zero-order valence-corrected chi connectivity index (χ0v) is 13.9. The van der Waals surface area contributed by atoms with Gasteiger partial charge in [0.1, 0.15) is 17.2 Å². The Balaban J connectivity index is 2.11. The number of hydrogen-bond acceptors (Lipinski definition) is 7. The van der Waals surface area contributed by atoms with Crippen LogP contribution in [0.1, 0.15) is 15.9 Å². The van der Waals surface area contributed by atoms with Gasteiger partial charge in [-0.25, -0.2) is 0 Å². The summed E-state index contributed by atoms with van der Waals surface area (Å²) < 4.78 is 1.59. The zero-order chi connectivity index (χ0) is 18.4. The number of ketones is 1. The Bertz CT molecular complexity index is 1040. The molecule has 2 aromatic carbocycles. The van der Waals surface area contributed by atoms with E-state index in [1.165, 1.54) is 12.1 Å². The minimum atomic E-state index is -0.394. The van der Waals surface area contributed by atoms with Crippen molar-refractivity contribution in [3.05, 3.63) is 35.4 Å². The molecule has 0 bridgehead atoms. The molecule has 0 unspecified atom stereocenters. The molecule has 0 aliphatic heterocycles. The number of nitrogens with zero attached hydrogens (tertiary/aromatic N) is 2. The van der Waals surface area contributed by atoms with Crippen LogP contribution in [0.2, 0.25) is 0 Å². The molecule has 0 spiro atoms. The molecule has 0 atom stereocenters. The molecule has 1 aliphatic carbocycles. The van der Waals surface area contributed by atoms with Crippen LogP contribution in [0.3, 0.4) is 0 Å². The number of aromatic nitrogens is 2. The van der Waals surface area contributed by atoms with Crippen molar-refractivity contribution in [3.63, 3.8) is 0 Å². The molecule has 0 saturated heterocycles. The Morgan fingerprint density at radius 3 is 2.50 bits per heavy atom. The van der Waals surface area contributed by atoms with Crippen molar-refractivity contribution in [1.29, 1.82) is 0 Å². The number of carbonyl (C=O) groups excluding carboxylic acids is 1. The predicted octanol–water partition coefficient (Wildman–Crippen LogP) is 1.02. The van der Waals surface area contributed by atoms with Crippen LogP contribution < -0.4 is 11.1 Å². The van der Waals surface area contributed by atoms with E-state index >= 15 is 0 Å². The summed E-state index contributed by atoms with van der Waals surface area (Å²) in [6.45, 7) is 0.996. The van der Waals surface area contributed by atoms with Gasteiger partial charge in [-0.05, 0) is 24.3 Å². The Hall–Kier alpha value is -3.10. The number of aromatic hydroxyl groups is 2. The summed E-state index contributed by atoms with van der Waals surface area (Å²) in [4.78, 5) is 13.2. The Morgan fingerprint density at radius 1 is 1.08 bits per heavy atom. The van der Waals surface area contributed by atoms with Gasteiger partial charge in [-0.3, -0.25) is 9.48 Å². The van der Waals surface area contributed by atoms with E-state index in [-0.39, 0.29) is 35.8 Å². The smallest absolute Gasteiger partial charge is 0.200 e. The molecule has 3 aromatic rings. The van der Waals surface area contributed by atoms with Gasteiger partial charge in [-0.2, -0.15) is 5.10 Å². The third-order valence-corrected chi connectivity index (χ3v) is 4.54. The van der Waals surface area contributed by atoms with Gasteiger partial charge >= 0.3 is 0 Å². The van der Waals surface area contributed by atoms with E-state index in [1.54, 1.807) is 10.7 Å². The van der Waals surface area contributed by atoms with Crippen LogP contribution in [0.5, 0.6) is 11.5 Å². The van der Waals surface area contributed by atoms with E-state index in [0.29, 0.717) is 40.9 Å². The first kappa shape index (κ1) is 16.4. The molecule has 4 rings (SSSR count). The molecule has 134 valence electrons. The normalized spacial score (nSPS) is 12.5. The minimum Gasteiger partial charge on any atom is -0.507 e. The zero-order valence-electron chi connectivity index (χ0n) is 13.9. The number of carbonyl (C=O) groups is 1. The van der Waals surface area contributed by atoms with Gasteiger partial charge in [0.2, 0.25) is 0 Å². The van der Waals surface area contributed by atoms with Gasteiger partial charge in [-0.15, -0.1) is 0 Å². The molecule has 1 heterocycles. The molecule has 8 heteroatoms. The third-order valence-electron chi connectivity index (χ3n) is 4.54. The number of anilines is 1. The predicted molar refractivity (Wildman–Crippen MR) is 96.6 cm³/mol. The second-order valence-corrected chi connectivity index (χ2v) is 6.08. The van der Waals surface area contributed by atoms with Crippen molar-refractivity contribution in [2.24, 2.45) is 5.73 Å². The van der Waals surface area contributed by atoms with E-state index in [4.69, 9.17) is 5.73 Å². The van der Waals surface area contributed by atoms with Crippen LogP contribution in [-0.4, -0.2) is 50.6 Å². The molecular formula is C18H18N4O4. The highest BCUT2D eigenvalue weighted by Gasteiger charge is 2.35. The van der Waals surface area contributed by atoms with E-state index < -0.39 is 5.78 Å². The van der Waals surface area contributed by atoms with Crippen LogP contribution in [-0.2, 0) is 6.54 Å². The molecule has 0 radical (unpaired) electrons. The van der Waals surface area contributed by atoms with Crippen LogP contribution in [0, 0.1) is 0 Å². The summed E-state index contributed by atoms with van der Waals surface area (Å²) >= 11 is 0. The van der Waals surface area contributed by atoms with Crippen molar-refractivity contribution in [1.82, 2.24) is 9.78 Å². The summed E-state index contributed by atoms with van der Waals surface area (Å²) in [5, 5.41) is 38.1. The molecule has 26 heavy (non-hydrogen) atoms. The maximum absolute atomic E-state index is 13.2. The van der Waals surface area contributed by atoms with Gasteiger partial charge in [0.05, 0.1) is 35.4 Å². The van der Waals surface area contributed by atoms with Crippen molar-refractivity contribution >= 4 is 22.4 Å². The van der Waals surface area contributed by atoms with E-state index in [9.17, 15) is 20.1 Å². The van der Waals surface area contributed by atoms with E-state index in [2.05, 4.69) is 10.4 Å². The SMILES string of the molecule is NCCNc1ccc2c3c(nn2CCO)-c2c(O)ccc(O)c2C(=O)c13. The summed E-state index contributed by atoms with van der Waals surface area (Å²) in [7, 11) is 0. The molecule has 0 saturated carbocycles. The molecule has 0 amide bonds. The second-order valence-electron chi connectivity index (χ2n) is 6.08. The number of nitrogens with two attached hydrogens (primary N) is 1. The molecule has 8 nitrogen and oxygen atoms in total. The minimum absolute atomic E-state index is 0.0232. The lowest BCUT2D eigenvalue weighted by atomic mass is 9.85. The molecular weight excluding hydrogens is 336 g/mol. The molecule has 1 aromatic heterocycles. The van der Waals surface area contributed by atoms with Crippen LogP contribution in [0.4, 0.5) is 5.69 Å².